The Morgan fingerprint density at radius 1 is 1.22 bits per heavy atom. The molecule has 2 N–H and O–H groups in total. The van der Waals surface area contributed by atoms with E-state index in [1.54, 1.807) is 6.08 Å². The van der Waals surface area contributed by atoms with Gasteiger partial charge in [0.2, 0.25) is 0 Å². The number of nitrogen functional groups attached to an aromatic ring is 1. The van der Waals surface area contributed by atoms with Crippen LogP contribution in [0.15, 0.2) is 65.7 Å². The highest BCUT2D eigenvalue weighted by molar-refractivity contribution is 9.10. The number of nitrogens with two attached hydrogens (primary N) is 1. The van der Waals surface area contributed by atoms with Crippen LogP contribution in [0.4, 0.5) is 5.95 Å². The Bertz CT molecular complexity index is 881. The molecule has 0 saturated carbocycles. The van der Waals surface area contributed by atoms with E-state index in [0.717, 1.165) is 15.5 Å². The number of hydrogen-bond acceptors (Lipinski definition) is 2. The fourth-order valence-corrected chi connectivity index (χ4v) is 2.94. The van der Waals surface area contributed by atoms with Gasteiger partial charge in [0.05, 0.1) is 6.54 Å². The number of nitrogens with zero attached hydrogens (tertiary/aromatic N) is 2. The third-order valence-electron chi connectivity index (χ3n) is 3.80. The first kappa shape index (κ1) is 15.5. The maximum absolute atomic E-state index is 12.6. The van der Waals surface area contributed by atoms with Crippen LogP contribution in [-0.4, -0.2) is 10.4 Å². The number of imidazole rings is 1. The van der Waals surface area contributed by atoms with Crippen LogP contribution in [0.25, 0.3) is 11.0 Å². The van der Waals surface area contributed by atoms with Crippen LogP contribution in [0.2, 0.25) is 0 Å². The molecule has 0 aliphatic carbocycles. The van der Waals surface area contributed by atoms with E-state index in [9.17, 15) is 4.79 Å². The lowest BCUT2D eigenvalue weighted by Crippen LogP contribution is -2.40. The quantitative estimate of drug-likeness (QED) is 0.425. The van der Waals surface area contributed by atoms with Crippen LogP contribution >= 0.6 is 15.9 Å². The van der Waals surface area contributed by atoms with Gasteiger partial charge in [-0.15, -0.1) is 0 Å². The molecule has 2 aromatic carbocycles. The molecule has 0 spiro atoms. The van der Waals surface area contributed by atoms with Crippen molar-refractivity contribution in [1.29, 1.82) is 0 Å². The molecule has 1 heterocycles. The summed E-state index contributed by atoms with van der Waals surface area (Å²) in [4.78, 5) is 12.6. The summed E-state index contributed by atoms with van der Waals surface area (Å²) in [5, 5.41) is 0. The number of carbonyl (C=O) groups is 1. The fourth-order valence-electron chi connectivity index (χ4n) is 2.67. The van der Waals surface area contributed by atoms with Crippen molar-refractivity contribution in [2.45, 2.75) is 13.1 Å². The minimum absolute atomic E-state index is 0.0238. The summed E-state index contributed by atoms with van der Waals surface area (Å²) in [6.45, 7) is 4.58. The number of ketones is 1. The minimum atomic E-state index is 0.0238. The summed E-state index contributed by atoms with van der Waals surface area (Å²) >= 11 is 3.38. The fraction of sp³-hybridized carbons (Fsp3) is 0.111. The number of fused-ring (bicyclic) bond motifs is 1. The summed E-state index contributed by atoms with van der Waals surface area (Å²) in [7, 11) is 0. The second kappa shape index (κ2) is 6.38. The van der Waals surface area contributed by atoms with Gasteiger partial charge < -0.3 is 0 Å². The Morgan fingerprint density at radius 2 is 1.91 bits per heavy atom. The van der Waals surface area contributed by atoms with Gasteiger partial charge in [0, 0.05) is 10.0 Å². The zero-order valence-corrected chi connectivity index (χ0v) is 14.2. The predicted molar refractivity (Wildman–Crippen MR) is 95.2 cm³/mol. The molecule has 3 rings (SSSR count). The van der Waals surface area contributed by atoms with E-state index in [2.05, 4.69) is 22.5 Å². The zero-order valence-electron chi connectivity index (χ0n) is 12.6. The SMILES string of the molecule is C=CCn1c(N)[n+](CC(=O)c2ccc(Br)cc2)c2ccccc21. The molecule has 0 unspecified atom stereocenters. The summed E-state index contributed by atoms with van der Waals surface area (Å²) in [5.74, 6) is 0.576. The molecule has 116 valence electrons. The Labute approximate surface area is 143 Å². The molecule has 0 atom stereocenters. The van der Waals surface area contributed by atoms with Crippen molar-refractivity contribution in [3.8, 4) is 0 Å². The number of benzene rings is 2. The number of aromatic nitrogens is 2. The Balaban J connectivity index is 2.02. The molecule has 5 heteroatoms. The lowest BCUT2D eigenvalue weighted by Gasteiger charge is -2.02. The van der Waals surface area contributed by atoms with Gasteiger partial charge in [-0.05, 0) is 24.3 Å². The molecule has 0 aliphatic heterocycles. The Kier molecular flexibility index (Phi) is 4.30. The van der Waals surface area contributed by atoms with Gasteiger partial charge >= 0.3 is 5.95 Å². The number of allylic oxidation sites excluding steroid dienone is 1. The maximum atomic E-state index is 12.6. The first-order valence-corrected chi connectivity index (χ1v) is 8.07. The number of hydrogen-bond donors (Lipinski definition) is 1. The van der Waals surface area contributed by atoms with Crippen LogP contribution in [0.1, 0.15) is 10.4 Å². The van der Waals surface area contributed by atoms with E-state index in [0.29, 0.717) is 18.1 Å². The summed E-state index contributed by atoms with van der Waals surface area (Å²) in [6.07, 6.45) is 1.80. The molecule has 0 radical (unpaired) electrons. The minimum Gasteiger partial charge on any atom is -0.291 e. The number of Topliss-reactive ketones (excluding diaryl/α,β-unsaturated/α-hetero) is 1. The van der Waals surface area contributed by atoms with Gasteiger partial charge in [-0.3, -0.25) is 10.5 Å². The Morgan fingerprint density at radius 3 is 2.61 bits per heavy atom. The van der Waals surface area contributed by atoms with Gasteiger partial charge in [-0.25, -0.2) is 9.13 Å². The summed E-state index contributed by atoms with van der Waals surface area (Å²) in [6, 6.07) is 15.2. The average Bonchev–Trinajstić information content (AvgIpc) is 2.82. The lowest BCUT2D eigenvalue weighted by molar-refractivity contribution is -0.642. The average molecular weight is 371 g/mol. The largest absolute Gasteiger partial charge is 0.356 e. The van der Waals surface area contributed by atoms with Gasteiger partial charge in [0.1, 0.15) is 17.6 Å². The summed E-state index contributed by atoms with van der Waals surface area (Å²) in [5.41, 5.74) is 8.87. The number of anilines is 1. The number of para-hydroxylation sites is 2. The van der Waals surface area contributed by atoms with Crippen molar-refractivity contribution in [2.24, 2.45) is 0 Å². The van der Waals surface area contributed by atoms with Crippen LogP contribution in [0, 0.1) is 0 Å². The molecule has 23 heavy (non-hydrogen) atoms. The zero-order chi connectivity index (χ0) is 16.4. The lowest BCUT2D eigenvalue weighted by atomic mass is 10.1. The molecule has 0 bridgehead atoms. The van der Waals surface area contributed by atoms with Crippen molar-refractivity contribution in [2.75, 3.05) is 5.73 Å². The van der Waals surface area contributed by atoms with Crippen LogP contribution in [0.5, 0.6) is 0 Å². The van der Waals surface area contributed by atoms with E-state index in [-0.39, 0.29) is 12.3 Å². The topological polar surface area (TPSA) is 51.9 Å². The number of halogens is 1. The molecule has 0 aliphatic rings. The van der Waals surface area contributed by atoms with Gasteiger partial charge in [0.15, 0.2) is 5.78 Å². The van der Waals surface area contributed by atoms with E-state index >= 15 is 0 Å². The van der Waals surface area contributed by atoms with Gasteiger partial charge in [-0.1, -0.05) is 52.9 Å². The highest BCUT2D eigenvalue weighted by Crippen LogP contribution is 2.17. The van der Waals surface area contributed by atoms with E-state index in [1.807, 2.05) is 57.7 Å². The molecule has 0 fully saturated rings. The van der Waals surface area contributed by atoms with Gasteiger partial charge in [-0.2, -0.15) is 0 Å². The molecule has 3 aromatic rings. The summed E-state index contributed by atoms with van der Waals surface area (Å²) < 4.78 is 4.75. The smallest absolute Gasteiger partial charge is 0.291 e. The van der Waals surface area contributed by atoms with Crippen molar-refractivity contribution >= 4 is 38.7 Å². The standard InChI is InChI=1S/C18H16BrN3O/c1-2-11-21-15-5-3-4-6-16(15)22(18(21)20)12-17(23)13-7-9-14(19)10-8-13/h2-10,20H,1,11-12H2/p+1. The maximum Gasteiger partial charge on any atom is 0.356 e. The highest BCUT2D eigenvalue weighted by atomic mass is 79.9. The van der Waals surface area contributed by atoms with Gasteiger partial charge in [0.25, 0.3) is 0 Å². The molecular weight excluding hydrogens is 354 g/mol. The molecule has 0 amide bonds. The monoisotopic (exact) mass is 370 g/mol. The van der Waals surface area contributed by atoms with Crippen LogP contribution in [-0.2, 0) is 13.1 Å². The van der Waals surface area contributed by atoms with E-state index < -0.39 is 0 Å². The number of rotatable bonds is 5. The van der Waals surface area contributed by atoms with Crippen molar-refractivity contribution in [1.82, 2.24) is 4.57 Å². The van der Waals surface area contributed by atoms with Crippen molar-refractivity contribution in [3.63, 3.8) is 0 Å². The van der Waals surface area contributed by atoms with Crippen molar-refractivity contribution in [3.05, 3.63) is 71.2 Å². The number of carbonyl (C=O) groups excluding carboxylic acids is 1. The molecular formula is C18H17BrN3O+. The highest BCUT2D eigenvalue weighted by Gasteiger charge is 2.22. The first-order chi connectivity index (χ1) is 11.1. The first-order valence-electron chi connectivity index (χ1n) is 7.28. The van der Waals surface area contributed by atoms with E-state index in [4.69, 9.17) is 5.73 Å². The molecule has 4 nitrogen and oxygen atoms in total. The van der Waals surface area contributed by atoms with Crippen LogP contribution in [0.3, 0.4) is 0 Å². The molecule has 0 saturated heterocycles. The predicted octanol–water partition coefficient (Wildman–Crippen LogP) is 3.34. The van der Waals surface area contributed by atoms with Crippen molar-refractivity contribution < 1.29 is 9.36 Å². The normalized spacial score (nSPS) is 10.8. The second-order valence-corrected chi connectivity index (χ2v) is 6.18. The second-order valence-electron chi connectivity index (χ2n) is 5.26. The Hall–Kier alpha value is -2.40. The van der Waals surface area contributed by atoms with Crippen LogP contribution < -0.4 is 10.3 Å². The third kappa shape index (κ3) is 2.92. The van der Waals surface area contributed by atoms with E-state index in [1.165, 1.54) is 0 Å². The molecule has 1 aromatic heterocycles. The third-order valence-corrected chi connectivity index (χ3v) is 4.32.